The largest absolute Gasteiger partial charge is 0.383 e. The van der Waals surface area contributed by atoms with Crippen molar-refractivity contribution in [1.82, 2.24) is 19.6 Å². The lowest BCUT2D eigenvalue weighted by Crippen LogP contribution is -2.47. The van der Waals surface area contributed by atoms with Crippen LogP contribution in [0.3, 0.4) is 0 Å². The molecule has 2 aliphatic heterocycles. The van der Waals surface area contributed by atoms with Crippen LogP contribution in [0.5, 0.6) is 0 Å². The highest BCUT2D eigenvalue weighted by Gasteiger charge is 2.30. The summed E-state index contributed by atoms with van der Waals surface area (Å²) in [5, 5.41) is 14.1. The molecule has 25 heavy (non-hydrogen) atoms. The lowest BCUT2D eigenvalue weighted by Gasteiger charge is -2.33. The minimum absolute atomic E-state index is 0.00912. The number of nitrogens with zero attached hydrogens (tertiary/aromatic N) is 4. The molecule has 1 aromatic rings. The quantitative estimate of drug-likeness (QED) is 0.880. The maximum absolute atomic E-state index is 12.6. The maximum atomic E-state index is 12.6. The van der Waals surface area contributed by atoms with E-state index in [2.05, 4.69) is 18.2 Å². The van der Waals surface area contributed by atoms with Gasteiger partial charge in [0.15, 0.2) is 0 Å². The van der Waals surface area contributed by atoms with Crippen LogP contribution in [0.4, 0.5) is 0 Å². The summed E-state index contributed by atoms with van der Waals surface area (Å²) in [6, 6.07) is 0. The predicted octanol–water partition coefficient (Wildman–Crippen LogP) is 0.982. The van der Waals surface area contributed by atoms with Crippen molar-refractivity contribution in [2.24, 2.45) is 0 Å². The van der Waals surface area contributed by atoms with Gasteiger partial charge in [0.05, 0.1) is 12.7 Å². The first-order valence-electron chi connectivity index (χ1n) is 9.35. The Labute approximate surface area is 148 Å². The number of carbonyl (C=O) groups excluding carboxylic acids is 2. The summed E-state index contributed by atoms with van der Waals surface area (Å²) in [5.74, 6) is 0.142. The molecule has 1 unspecified atom stereocenters. The smallest absolute Gasteiger partial charge is 0.251 e. The number of aromatic nitrogens is 2. The van der Waals surface area contributed by atoms with E-state index in [1.807, 2.05) is 15.8 Å². The zero-order chi connectivity index (χ0) is 17.8. The normalized spacial score (nSPS) is 23.0. The summed E-state index contributed by atoms with van der Waals surface area (Å²) in [6.45, 7) is 5.02. The molecule has 0 aromatic carbocycles. The number of aliphatic hydroxyl groups excluding tert-OH is 1. The SMILES string of the molecule is CCn1cc(C2CCN(C(=O)CN3CCCCC(O)C3=O)CC2)cn1. The van der Waals surface area contributed by atoms with Gasteiger partial charge in [-0.15, -0.1) is 0 Å². The Bertz CT molecular complexity index is 607. The molecule has 1 aromatic heterocycles. The maximum Gasteiger partial charge on any atom is 0.251 e. The van der Waals surface area contributed by atoms with Crippen molar-refractivity contribution in [3.63, 3.8) is 0 Å². The van der Waals surface area contributed by atoms with Crippen molar-refractivity contribution in [2.75, 3.05) is 26.2 Å². The molecule has 0 radical (unpaired) electrons. The summed E-state index contributed by atoms with van der Waals surface area (Å²) < 4.78 is 1.93. The van der Waals surface area contributed by atoms with E-state index in [1.165, 1.54) is 10.5 Å². The van der Waals surface area contributed by atoms with E-state index in [9.17, 15) is 14.7 Å². The number of carbonyl (C=O) groups is 2. The Morgan fingerprint density at radius 1 is 1.24 bits per heavy atom. The Kier molecular flexibility index (Phi) is 5.73. The third kappa shape index (κ3) is 4.21. The van der Waals surface area contributed by atoms with E-state index < -0.39 is 6.10 Å². The summed E-state index contributed by atoms with van der Waals surface area (Å²) >= 11 is 0. The van der Waals surface area contributed by atoms with Crippen molar-refractivity contribution in [3.8, 4) is 0 Å². The standard InChI is InChI=1S/C18H28N4O3/c1-2-22-12-15(11-19-22)14-6-9-20(10-7-14)17(24)13-21-8-4-3-5-16(23)18(21)25/h11-12,14,16,23H,2-10,13H2,1H3. The fourth-order valence-electron chi connectivity index (χ4n) is 3.73. The number of hydrogen-bond donors (Lipinski definition) is 1. The van der Waals surface area contributed by atoms with Gasteiger partial charge in [-0.1, -0.05) is 0 Å². The van der Waals surface area contributed by atoms with Crippen LogP contribution in [0.25, 0.3) is 0 Å². The van der Waals surface area contributed by atoms with Gasteiger partial charge in [-0.05, 0) is 50.5 Å². The molecule has 2 fully saturated rings. The van der Waals surface area contributed by atoms with Gasteiger partial charge in [0.1, 0.15) is 6.10 Å². The highest BCUT2D eigenvalue weighted by molar-refractivity contribution is 5.87. The fourth-order valence-corrected chi connectivity index (χ4v) is 3.73. The van der Waals surface area contributed by atoms with Crippen molar-refractivity contribution < 1.29 is 14.7 Å². The highest BCUT2D eigenvalue weighted by Crippen LogP contribution is 2.27. The number of hydrogen-bond acceptors (Lipinski definition) is 4. The van der Waals surface area contributed by atoms with E-state index >= 15 is 0 Å². The third-order valence-corrected chi connectivity index (χ3v) is 5.37. The van der Waals surface area contributed by atoms with Crippen LogP contribution in [0.2, 0.25) is 0 Å². The second kappa shape index (κ2) is 7.99. The molecule has 1 atom stereocenters. The molecule has 3 rings (SSSR count). The van der Waals surface area contributed by atoms with E-state index in [0.29, 0.717) is 32.0 Å². The Morgan fingerprint density at radius 2 is 2.00 bits per heavy atom. The van der Waals surface area contributed by atoms with Crippen LogP contribution in [0.1, 0.15) is 50.5 Å². The molecule has 2 saturated heterocycles. The minimum atomic E-state index is -0.948. The number of likely N-dealkylation sites (tertiary alicyclic amines) is 2. The molecule has 2 amide bonds. The highest BCUT2D eigenvalue weighted by atomic mass is 16.3. The number of aliphatic hydroxyl groups is 1. The van der Waals surface area contributed by atoms with Crippen LogP contribution in [-0.2, 0) is 16.1 Å². The first-order chi connectivity index (χ1) is 12.1. The number of piperidine rings is 1. The average molecular weight is 348 g/mol. The predicted molar refractivity (Wildman–Crippen MR) is 92.9 cm³/mol. The van der Waals surface area contributed by atoms with Gasteiger partial charge in [0, 0.05) is 32.4 Å². The molecule has 2 aliphatic rings. The fraction of sp³-hybridized carbons (Fsp3) is 0.722. The Hall–Kier alpha value is -1.89. The van der Waals surface area contributed by atoms with Crippen molar-refractivity contribution >= 4 is 11.8 Å². The summed E-state index contributed by atoms with van der Waals surface area (Å²) in [5.41, 5.74) is 1.25. The molecule has 0 spiro atoms. The molecule has 1 N–H and O–H groups in total. The van der Waals surface area contributed by atoms with Crippen molar-refractivity contribution in [2.45, 2.75) is 57.6 Å². The molecule has 0 aliphatic carbocycles. The van der Waals surface area contributed by atoms with Crippen LogP contribution in [0, 0.1) is 0 Å². The molecular formula is C18H28N4O3. The first kappa shape index (κ1) is 17.9. The number of rotatable bonds is 4. The summed E-state index contributed by atoms with van der Waals surface area (Å²) in [7, 11) is 0. The second-order valence-electron chi connectivity index (χ2n) is 7.06. The molecule has 0 saturated carbocycles. The van der Waals surface area contributed by atoms with Crippen molar-refractivity contribution in [3.05, 3.63) is 18.0 Å². The van der Waals surface area contributed by atoms with E-state index in [4.69, 9.17) is 0 Å². The van der Waals surface area contributed by atoms with E-state index in [0.717, 1.165) is 32.2 Å². The third-order valence-electron chi connectivity index (χ3n) is 5.37. The van der Waals surface area contributed by atoms with Gasteiger partial charge in [-0.2, -0.15) is 5.10 Å². The van der Waals surface area contributed by atoms with Gasteiger partial charge >= 0.3 is 0 Å². The Balaban J connectivity index is 1.52. The minimum Gasteiger partial charge on any atom is -0.383 e. The number of amides is 2. The van der Waals surface area contributed by atoms with Crippen LogP contribution in [0.15, 0.2) is 12.4 Å². The summed E-state index contributed by atoms with van der Waals surface area (Å²) in [6.07, 6.45) is 7.11. The average Bonchev–Trinajstić information content (AvgIpc) is 3.06. The zero-order valence-electron chi connectivity index (χ0n) is 14.9. The lowest BCUT2D eigenvalue weighted by atomic mass is 9.91. The van der Waals surface area contributed by atoms with Gasteiger partial charge in [-0.3, -0.25) is 14.3 Å². The van der Waals surface area contributed by atoms with Crippen LogP contribution >= 0.6 is 0 Å². The molecular weight excluding hydrogens is 320 g/mol. The molecule has 7 nitrogen and oxygen atoms in total. The van der Waals surface area contributed by atoms with Gasteiger partial charge in [0.25, 0.3) is 5.91 Å². The van der Waals surface area contributed by atoms with Gasteiger partial charge < -0.3 is 14.9 Å². The zero-order valence-corrected chi connectivity index (χ0v) is 14.9. The monoisotopic (exact) mass is 348 g/mol. The van der Waals surface area contributed by atoms with Gasteiger partial charge in [-0.25, -0.2) is 0 Å². The van der Waals surface area contributed by atoms with E-state index in [-0.39, 0.29) is 18.4 Å². The topological polar surface area (TPSA) is 78.7 Å². The van der Waals surface area contributed by atoms with E-state index in [1.54, 1.807) is 0 Å². The van der Waals surface area contributed by atoms with Crippen LogP contribution in [-0.4, -0.2) is 68.8 Å². The summed E-state index contributed by atoms with van der Waals surface area (Å²) in [4.78, 5) is 28.1. The second-order valence-corrected chi connectivity index (χ2v) is 7.06. The van der Waals surface area contributed by atoms with Crippen LogP contribution < -0.4 is 0 Å². The number of aryl methyl sites for hydroxylation is 1. The molecule has 0 bridgehead atoms. The Morgan fingerprint density at radius 3 is 2.68 bits per heavy atom. The van der Waals surface area contributed by atoms with Gasteiger partial charge in [0.2, 0.25) is 5.91 Å². The molecule has 7 heteroatoms. The van der Waals surface area contributed by atoms with Crippen molar-refractivity contribution in [1.29, 1.82) is 0 Å². The first-order valence-corrected chi connectivity index (χ1v) is 9.35. The lowest BCUT2D eigenvalue weighted by molar-refractivity contribution is -0.145. The molecule has 138 valence electrons. The molecule has 3 heterocycles.